The molecule has 0 saturated heterocycles. The van der Waals surface area contributed by atoms with Gasteiger partial charge in [-0.05, 0) is 42.0 Å². The number of hydrogen-bond acceptors (Lipinski definition) is 2. The van der Waals surface area contributed by atoms with E-state index < -0.39 is 5.97 Å². The van der Waals surface area contributed by atoms with E-state index in [-0.39, 0.29) is 5.82 Å². The standard InChI is InChI=1S/C12H10FNO2/c1-16-12(15)11-7-6-10(14-11)8-2-4-9(13)5-3-8/h2-7,14H,1H3. The molecule has 0 atom stereocenters. The summed E-state index contributed by atoms with van der Waals surface area (Å²) in [6.07, 6.45) is 0. The molecule has 0 radical (unpaired) electrons. The Bertz CT molecular complexity index is 502. The molecule has 0 unspecified atom stereocenters. The minimum absolute atomic E-state index is 0.288. The van der Waals surface area contributed by atoms with Crippen LogP contribution >= 0.6 is 0 Å². The summed E-state index contributed by atoms with van der Waals surface area (Å²) in [6.45, 7) is 0. The van der Waals surface area contributed by atoms with E-state index in [4.69, 9.17) is 0 Å². The van der Waals surface area contributed by atoms with E-state index >= 15 is 0 Å². The van der Waals surface area contributed by atoms with Gasteiger partial charge in [0, 0.05) is 5.69 Å². The Morgan fingerprint density at radius 1 is 1.19 bits per heavy atom. The van der Waals surface area contributed by atoms with E-state index in [2.05, 4.69) is 9.72 Å². The molecule has 0 spiro atoms. The van der Waals surface area contributed by atoms with Gasteiger partial charge in [-0.2, -0.15) is 0 Å². The van der Waals surface area contributed by atoms with Crippen molar-refractivity contribution in [3.05, 3.63) is 47.9 Å². The second kappa shape index (κ2) is 4.18. The molecule has 1 heterocycles. The van der Waals surface area contributed by atoms with Crippen LogP contribution in [0.2, 0.25) is 0 Å². The lowest BCUT2D eigenvalue weighted by molar-refractivity contribution is 0.0595. The minimum atomic E-state index is -0.423. The lowest BCUT2D eigenvalue weighted by Gasteiger charge is -1.98. The lowest BCUT2D eigenvalue weighted by Crippen LogP contribution is -2.00. The van der Waals surface area contributed by atoms with Crippen LogP contribution in [0.5, 0.6) is 0 Å². The zero-order valence-corrected chi connectivity index (χ0v) is 8.66. The second-order valence-corrected chi connectivity index (χ2v) is 3.28. The van der Waals surface area contributed by atoms with E-state index in [0.29, 0.717) is 5.69 Å². The van der Waals surface area contributed by atoms with Crippen LogP contribution < -0.4 is 0 Å². The molecule has 16 heavy (non-hydrogen) atoms. The van der Waals surface area contributed by atoms with Gasteiger partial charge in [0.25, 0.3) is 0 Å². The number of H-pyrrole nitrogens is 1. The average molecular weight is 219 g/mol. The van der Waals surface area contributed by atoms with Crippen molar-refractivity contribution in [2.24, 2.45) is 0 Å². The third-order valence-electron chi connectivity index (χ3n) is 2.25. The van der Waals surface area contributed by atoms with Crippen molar-refractivity contribution >= 4 is 5.97 Å². The van der Waals surface area contributed by atoms with Gasteiger partial charge in [-0.25, -0.2) is 9.18 Å². The first-order valence-corrected chi connectivity index (χ1v) is 4.74. The number of methoxy groups -OCH3 is 1. The topological polar surface area (TPSA) is 42.1 Å². The highest BCUT2D eigenvalue weighted by Gasteiger charge is 2.08. The molecule has 3 nitrogen and oxygen atoms in total. The Hall–Kier alpha value is -2.10. The van der Waals surface area contributed by atoms with Crippen LogP contribution in [0, 0.1) is 5.82 Å². The van der Waals surface area contributed by atoms with Crippen molar-refractivity contribution in [2.45, 2.75) is 0 Å². The molecular weight excluding hydrogens is 209 g/mol. The van der Waals surface area contributed by atoms with Gasteiger partial charge in [-0.1, -0.05) is 0 Å². The fourth-order valence-electron chi connectivity index (χ4n) is 1.42. The molecule has 0 saturated carbocycles. The Labute approximate surface area is 91.9 Å². The maximum atomic E-state index is 12.7. The van der Waals surface area contributed by atoms with Crippen molar-refractivity contribution in [3.63, 3.8) is 0 Å². The van der Waals surface area contributed by atoms with E-state index in [9.17, 15) is 9.18 Å². The van der Waals surface area contributed by atoms with Crippen molar-refractivity contribution in [3.8, 4) is 11.3 Å². The normalized spacial score (nSPS) is 10.1. The zero-order valence-electron chi connectivity index (χ0n) is 8.66. The molecule has 0 aliphatic rings. The number of carbonyl (C=O) groups excluding carboxylic acids is 1. The number of halogens is 1. The summed E-state index contributed by atoms with van der Waals surface area (Å²) in [5, 5.41) is 0. The fourth-order valence-corrected chi connectivity index (χ4v) is 1.42. The van der Waals surface area contributed by atoms with E-state index in [1.54, 1.807) is 24.3 Å². The second-order valence-electron chi connectivity index (χ2n) is 3.28. The minimum Gasteiger partial charge on any atom is -0.464 e. The Balaban J connectivity index is 2.31. The number of esters is 1. The quantitative estimate of drug-likeness (QED) is 0.789. The van der Waals surface area contributed by atoms with E-state index in [1.807, 2.05) is 0 Å². The van der Waals surface area contributed by atoms with E-state index in [1.165, 1.54) is 19.2 Å². The molecule has 1 N–H and O–H groups in total. The molecule has 0 aliphatic carbocycles. The number of aromatic amines is 1. The molecule has 1 aromatic carbocycles. The molecule has 4 heteroatoms. The number of carbonyl (C=O) groups is 1. The smallest absolute Gasteiger partial charge is 0.354 e. The Kier molecular flexibility index (Phi) is 2.72. The molecule has 1 aromatic heterocycles. The number of hydrogen-bond donors (Lipinski definition) is 1. The van der Waals surface area contributed by atoms with Gasteiger partial charge in [-0.15, -0.1) is 0 Å². The monoisotopic (exact) mass is 219 g/mol. The molecule has 0 bridgehead atoms. The van der Waals surface area contributed by atoms with Crippen LogP contribution in [-0.4, -0.2) is 18.1 Å². The zero-order chi connectivity index (χ0) is 11.5. The first-order valence-electron chi connectivity index (χ1n) is 4.74. The third kappa shape index (κ3) is 1.95. The summed E-state index contributed by atoms with van der Waals surface area (Å²) in [5.74, 6) is -0.711. The third-order valence-corrected chi connectivity index (χ3v) is 2.25. The molecule has 2 aromatic rings. The predicted molar refractivity (Wildman–Crippen MR) is 57.5 cm³/mol. The van der Waals surface area contributed by atoms with Crippen LogP contribution in [-0.2, 0) is 4.74 Å². The van der Waals surface area contributed by atoms with Crippen molar-refractivity contribution in [1.29, 1.82) is 0 Å². The first-order chi connectivity index (χ1) is 7.70. The Morgan fingerprint density at radius 2 is 1.88 bits per heavy atom. The molecule has 82 valence electrons. The lowest BCUT2D eigenvalue weighted by atomic mass is 10.1. The SMILES string of the molecule is COC(=O)c1ccc(-c2ccc(F)cc2)[nH]1. The van der Waals surface area contributed by atoms with Crippen LogP contribution in [0.4, 0.5) is 4.39 Å². The fraction of sp³-hybridized carbons (Fsp3) is 0.0833. The van der Waals surface area contributed by atoms with Gasteiger partial charge >= 0.3 is 5.97 Å². The van der Waals surface area contributed by atoms with Crippen molar-refractivity contribution in [1.82, 2.24) is 4.98 Å². The van der Waals surface area contributed by atoms with Gasteiger partial charge in [0.1, 0.15) is 11.5 Å². The highest BCUT2D eigenvalue weighted by molar-refractivity contribution is 5.88. The molecule has 0 aliphatic heterocycles. The van der Waals surface area contributed by atoms with Crippen molar-refractivity contribution < 1.29 is 13.9 Å². The van der Waals surface area contributed by atoms with Crippen molar-refractivity contribution in [2.75, 3.05) is 7.11 Å². The number of nitrogens with one attached hydrogen (secondary N) is 1. The molecule has 0 amide bonds. The van der Waals surface area contributed by atoms with Crippen LogP contribution in [0.25, 0.3) is 11.3 Å². The summed E-state index contributed by atoms with van der Waals surface area (Å²) < 4.78 is 17.3. The highest BCUT2D eigenvalue weighted by Crippen LogP contribution is 2.19. The summed E-state index contributed by atoms with van der Waals surface area (Å²) >= 11 is 0. The summed E-state index contributed by atoms with van der Waals surface area (Å²) in [5.41, 5.74) is 1.94. The number of benzene rings is 1. The molecule has 0 fully saturated rings. The summed E-state index contributed by atoms with van der Waals surface area (Å²) in [6, 6.07) is 9.40. The van der Waals surface area contributed by atoms with Gasteiger partial charge in [0.05, 0.1) is 7.11 Å². The predicted octanol–water partition coefficient (Wildman–Crippen LogP) is 2.61. The first kappa shape index (κ1) is 10.4. The maximum absolute atomic E-state index is 12.7. The Morgan fingerprint density at radius 3 is 2.50 bits per heavy atom. The number of ether oxygens (including phenoxy) is 1. The van der Waals surface area contributed by atoms with Crippen LogP contribution in [0.15, 0.2) is 36.4 Å². The number of aromatic nitrogens is 1. The molecular formula is C12H10FNO2. The maximum Gasteiger partial charge on any atom is 0.354 e. The summed E-state index contributed by atoms with van der Waals surface area (Å²) in [4.78, 5) is 14.1. The van der Waals surface area contributed by atoms with Crippen LogP contribution in [0.1, 0.15) is 10.5 Å². The van der Waals surface area contributed by atoms with Gasteiger partial charge in [-0.3, -0.25) is 0 Å². The van der Waals surface area contributed by atoms with Gasteiger partial charge in [0.15, 0.2) is 0 Å². The number of rotatable bonds is 2. The van der Waals surface area contributed by atoms with Gasteiger partial charge < -0.3 is 9.72 Å². The summed E-state index contributed by atoms with van der Waals surface area (Å²) in [7, 11) is 1.32. The van der Waals surface area contributed by atoms with Crippen LogP contribution in [0.3, 0.4) is 0 Å². The van der Waals surface area contributed by atoms with Gasteiger partial charge in [0.2, 0.25) is 0 Å². The largest absolute Gasteiger partial charge is 0.464 e. The van der Waals surface area contributed by atoms with E-state index in [0.717, 1.165) is 11.3 Å². The molecule has 2 rings (SSSR count). The average Bonchev–Trinajstić information content (AvgIpc) is 2.78. The highest BCUT2D eigenvalue weighted by atomic mass is 19.1.